The fourth-order valence-electron chi connectivity index (χ4n) is 1.70. The van der Waals surface area contributed by atoms with Crippen LogP contribution in [0.1, 0.15) is 49.5 Å². The highest BCUT2D eigenvalue weighted by atomic mass is 16.5. The fourth-order valence-corrected chi connectivity index (χ4v) is 1.70. The molecular weight excluding hydrogens is 244 g/mol. The van der Waals surface area contributed by atoms with Crippen molar-refractivity contribution in [3.8, 4) is 5.75 Å². The Labute approximate surface area is 113 Å². The second kappa shape index (κ2) is 5.43. The molecule has 0 fully saturated rings. The summed E-state index contributed by atoms with van der Waals surface area (Å²) >= 11 is 0. The highest BCUT2D eigenvalue weighted by molar-refractivity contribution is 6.12. The number of ketones is 1. The van der Waals surface area contributed by atoms with Crippen molar-refractivity contribution < 1.29 is 19.4 Å². The summed E-state index contributed by atoms with van der Waals surface area (Å²) in [4.78, 5) is 23.6. The molecule has 0 spiro atoms. The van der Waals surface area contributed by atoms with E-state index in [0.717, 1.165) is 5.56 Å². The minimum atomic E-state index is -1.47. The van der Waals surface area contributed by atoms with Crippen molar-refractivity contribution in [1.29, 1.82) is 0 Å². The minimum Gasteiger partial charge on any atom is -0.496 e. The summed E-state index contributed by atoms with van der Waals surface area (Å²) in [5.74, 6) is -0.928. The van der Waals surface area contributed by atoms with Gasteiger partial charge in [-0.25, -0.2) is 0 Å². The zero-order valence-electron chi connectivity index (χ0n) is 12.0. The summed E-state index contributed by atoms with van der Waals surface area (Å²) in [5, 5.41) is 9.15. The van der Waals surface area contributed by atoms with E-state index in [4.69, 9.17) is 9.84 Å². The molecule has 0 saturated carbocycles. The molecular formula is C15H20O4. The lowest BCUT2D eigenvalue weighted by Gasteiger charge is -2.20. The van der Waals surface area contributed by atoms with Crippen LogP contribution in [0.3, 0.4) is 0 Å². The van der Waals surface area contributed by atoms with E-state index < -0.39 is 17.2 Å². The number of carbonyl (C=O) groups is 2. The van der Waals surface area contributed by atoms with Gasteiger partial charge >= 0.3 is 5.97 Å². The number of carboxylic acid groups (broad SMARTS) is 1. The summed E-state index contributed by atoms with van der Waals surface area (Å²) in [7, 11) is 1.47. The van der Waals surface area contributed by atoms with Gasteiger partial charge in [-0.2, -0.15) is 0 Å². The third-order valence-electron chi connectivity index (χ3n) is 3.24. The van der Waals surface area contributed by atoms with Crippen molar-refractivity contribution in [2.45, 2.75) is 33.6 Å². The smallest absolute Gasteiger partial charge is 0.317 e. The molecule has 1 aromatic rings. The number of rotatable bonds is 5. The van der Waals surface area contributed by atoms with Gasteiger partial charge in [-0.1, -0.05) is 19.9 Å². The van der Waals surface area contributed by atoms with Crippen molar-refractivity contribution in [3.63, 3.8) is 0 Å². The van der Waals surface area contributed by atoms with Crippen LogP contribution in [-0.2, 0) is 4.79 Å². The number of ether oxygens (including phenoxy) is 1. The maximum absolute atomic E-state index is 12.4. The number of aliphatic carboxylic acids is 1. The van der Waals surface area contributed by atoms with E-state index in [2.05, 4.69) is 0 Å². The van der Waals surface area contributed by atoms with Gasteiger partial charge in [0.2, 0.25) is 0 Å². The van der Waals surface area contributed by atoms with E-state index in [0.29, 0.717) is 11.3 Å². The van der Waals surface area contributed by atoms with Gasteiger partial charge < -0.3 is 9.84 Å². The van der Waals surface area contributed by atoms with Gasteiger partial charge in [-0.3, -0.25) is 9.59 Å². The van der Waals surface area contributed by atoms with E-state index >= 15 is 0 Å². The fraction of sp³-hybridized carbons (Fsp3) is 0.467. The number of carbonyl (C=O) groups excluding carboxylic acids is 1. The highest BCUT2D eigenvalue weighted by Gasteiger charge is 2.38. The Bertz CT molecular complexity index is 501. The Kier molecular flexibility index (Phi) is 4.35. The van der Waals surface area contributed by atoms with Crippen LogP contribution in [0.4, 0.5) is 0 Å². The van der Waals surface area contributed by atoms with E-state index in [1.165, 1.54) is 21.0 Å². The van der Waals surface area contributed by atoms with Gasteiger partial charge in [0.1, 0.15) is 11.2 Å². The number of hydrogen-bond acceptors (Lipinski definition) is 3. The monoisotopic (exact) mass is 264 g/mol. The van der Waals surface area contributed by atoms with Crippen molar-refractivity contribution >= 4 is 11.8 Å². The van der Waals surface area contributed by atoms with Gasteiger partial charge in [0.25, 0.3) is 0 Å². The molecule has 0 atom stereocenters. The first-order chi connectivity index (χ1) is 8.71. The molecule has 0 heterocycles. The summed E-state index contributed by atoms with van der Waals surface area (Å²) in [6, 6.07) is 5.31. The molecule has 0 aliphatic carbocycles. The summed E-state index contributed by atoms with van der Waals surface area (Å²) in [6.07, 6.45) is 0. The molecule has 104 valence electrons. The molecule has 0 saturated heterocycles. The van der Waals surface area contributed by atoms with Crippen molar-refractivity contribution in [2.24, 2.45) is 5.41 Å². The number of carboxylic acids is 1. The summed E-state index contributed by atoms with van der Waals surface area (Å²) in [5.41, 5.74) is -0.172. The molecule has 4 nitrogen and oxygen atoms in total. The topological polar surface area (TPSA) is 63.6 Å². The Hall–Kier alpha value is -1.84. The summed E-state index contributed by atoms with van der Waals surface area (Å²) < 4.78 is 5.16. The predicted molar refractivity (Wildman–Crippen MR) is 72.8 cm³/mol. The van der Waals surface area contributed by atoms with Crippen LogP contribution in [0.5, 0.6) is 5.75 Å². The highest BCUT2D eigenvalue weighted by Crippen LogP contribution is 2.30. The number of methoxy groups -OCH3 is 1. The molecule has 1 aromatic carbocycles. The first kappa shape index (κ1) is 15.2. The lowest BCUT2D eigenvalue weighted by Crippen LogP contribution is -2.33. The Morgan fingerprint density at radius 2 is 1.84 bits per heavy atom. The van der Waals surface area contributed by atoms with Gasteiger partial charge in [-0.15, -0.1) is 0 Å². The lowest BCUT2D eigenvalue weighted by atomic mass is 9.83. The van der Waals surface area contributed by atoms with Crippen LogP contribution in [0.25, 0.3) is 0 Å². The molecule has 1 N–H and O–H groups in total. The van der Waals surface area contributed by atoms with Crippen LogP contribution in [0, 0.1) is 5.41 Å². The molecule has 0 aromatic heterocycles. The van der Waals surface area contributed by atoms with Crippen molar-refractivity contribution in [1.82, 2.24) is 0 Å². The van der Waals surface area contributed by atoms with Gasteiger partial charge in [0.15, 0.2) is 5.78 Å². The van der Waals surface area contributed by atoms with Gasteiger partial charge in [-0.05, 0) is 37.5 Å². The normalized spacial score (nSPS) is 11.5. The molecule has 0 bridgehead atoms. The third kappa shape index (κ3) is 2.95. The molecule has 1 rings (SSSR count). The van der Waals surface area contributed by atoms with Gasteiger partial charge in [0, 0.05) is 0 Å². The average Bonchev–Trinajstić information content (AvgIpc) is 2.36. The zero-order chi connectivity index (χ0) is 14.8. The SMILES string of the molecule is COc1ccc(C(C)C)cc1C(=O)C(C)(C)C(=O)O. The lowest BCUT2D eigenvalue weighted by molar-refractivity contribution is -0.144. The minimum absolute atomic E-state index is 0.255. The second-order valence-electron chi connectivity index (χ2n) is 5.37. The summed E-state index contributed by atoms with van der Waals surface area (Å²) in [6.45, 7) is 6.83. The molecule has 0 radical (unpaired) electrons. The predicted octanol–water partition coefficient (Wildman–Crippen LogP) is 3.11. The van der Waals surface area contributed by atoms with E-state index in [-0.39, 0.29) is 5.92 Å². The molecule has 0 unspecified atom stereocenters. The molecule has 0 aliphatic heterocycles. The average molecular weight is 264 g/mol. The quantitative estimate of drug-likeness (QED) is 0.655. The van der Waals surface area contributed by atoms with Crippen LogP contribution in [-0.4, -0.2) is 24.0 Å². The van der Waals surface area contributed by atoms with Crippen molar-refractivity contribution in [2.75, 3.05) is 7.11 Å². The van der Waals surface area contributed by atoms with Crippen LogP contribution in [0.2, 0.25) is 0 Å². The standard InChI is InChI=1S/C15H20O4/c1-9(2)10-6-7-12(19-5)11(8-10)13(16)15(3,4)14(17)18/h6-9H,1-5H3,(H,17,18). The zero-order valence-corrected chi connectivity index (χ0v) is 12.0. The Balaban J connectivity index is 3.35. The Morgan fingerprint density at radius 1 is 1.26 bits per heavy atom. The van der Waals surface area contributed by atoms with Crippen LogP contribution < -0.4 is 4.74 Å². The molecule has 19 heavy (non-hydrogen) atoms. The van der Waals surface area contributed by atoms with Gasteiger partial charge in [0.05, 0.1) is 12.7 Å². The molecule has 0 aliphatic rings. The second-order valence-corrected chi connectivity index (χ2v) is 5.37. The van der Waals surface area contributed by atoms with E-state index in [1.807, 2.05) is 19.9 Å². The number of benzene rings is 1. The Morgan fingerprint density at radius 3 is 2.26 bits per heavy atom. The van der Waals surface area contributed by atoms with E-state index in [1.54, 1.807) is 12.1 Å². The first-order valence-electron chi connectivity index (χ1n) is 6.18. The maximum Gasteiger partial charge on any atom is 0.317 e. The first-order valence-corrected chi connectivity index (χ1v) is 6.18. The third-order valence-corrected chi connectivity index (χ3v) is 3.24. The largest absolute Gasteiger partial charge is 0.496 e. The van der Waals surface area contributed by atoms with Crippen molar-refractivity contribution in [3.05, 3.63) is 29.3 Å². The van der Waals surface area contributed by atoms with Crippen LogP contribution in [0.15, 0.2) is 18.2 Å². The number of Topliss-reactive ketones (excluding diaryl/α,β-unsaturated/α-hetero) is 1. The number of hydrogen-bond donors (Lipinski definition) is 1. The van der Waals surface area contributed by atoms with E-state index in [9.17, 15) is 9.59 Å². The van der Waals surface area contributed by atoms with Crippen LogP contribution >= 0.6 is 0 Å². The molecule has 4 heteroatoms. The maximum atomic E-state index is 12.4. The molecule has 0 amide bonds.